The molecule has 0 radical (unpaired) electrons. The quantitative estimate of drug-likeness (QED) is 0.756. The highest BCUT2D eigenvalue weighted by Gasteiger charge is 2.21. The number of fused-ring (bicyclic) bond motifs is 1. The number of anilines is 1. The maximum Gasteiger partial charge on any atom is 0.130 e. The summed E-state index contributed by atoms with van der Waals surface area (Å²) >= 11 is 9.89. The van der Waals surface area contributed by atoms with E-state index in [2.05, 4.69) is 55.0 Å². The molecule has 0 amide bonds. The van der Waals surface area contributed by atoms with Gasteiger partial charge in [0.2, 0.25) is 0 Å². The molecule has 0 aliphatic carbocycles. The summed E-state index contributed by atoms with van der Waals surface area (Å²) in [4.78, 5) is 4.80. The number of halogens is 2. The van der Waals surface area contributed by atoms with Gasteiger partial charge in [-0.2, -0.15) is 0 Å². The lowest BCUT2D eigenvalue weighted by molar-refractivity contribution is 0.590. The summed E-state index contributed by atoms with van der Waals surface area (Å²) in [6.45, 7) is 9.65. The number of hydrogen-bond donors (Lipinski definition) is 1. The van der Waals surface area contributed by atoms with Gasteiger partial charge in [-0.25, -0.2) is 4.98 Å². The topological polar surface area (TPSA) is 24.9 Å². The summed E-state index contributed by atoms with van der Waals surface area (Å²) in [5, 5.41) is 5.17. The molecule has 0 aliphatic rings. The van der Waals surface area contributed by atoms with Crippen LogP contribution in [0.5, 0.6) is 0 Å². The van der Waals surface area contributed by atoms with E-state index in [0.717, 1.165) is 39.2 Å². The highest BCUT2D eigenvalue weighted by molar-refractivity contribution is 9.10. The van der Waals surface area contributed by atoms with Crippen LogP contribution >= 0.6 is 27.5 Å². The van der Waals surface area contributed by atoms with Crippen LogP contribution in [0.3, 0.4) is 0 Å². The molecule has 0 unspecified atom stereocenters. The summed E-state index contributed by atoms with van der Waals surface area (Å²) in [6, 6.07) is 6.01. The summed E-state index contributed by atoms with van der Waals surface area (Å²) in [7, 11) is 0. The molecule has 1 N–H and O–H groups in total. The first kappa shape index (κ1) is 15.6. The number of pyridine rings is 1. The SMILES string of the molecule is CCCNc1nc2c(Br)ccc(Cl)c2cc1C(C)(C)C. The van der Waals surface area contributed by atoms with Crippen LogP contribution in [0.15, 0.2) is 22.7 Å². The van der Waals surface area contributed by atoms with Gasteiger partial charge in [-0.05, 0) is 46.0 Å². The van der Waals surface area contributed by atoms with E-state index in [4.69, 9.17) is 16.6 Å². The normalized spacial score (nSPS) is 11.9. The molecule has 2 aromatic rings. The molecule has 2 nitrogen and oxygen atoms in total. The van der Waals surface area contributed by atoms with Gasteiger partial charge in [-0.3, -0.25) is 0 Å². The molecule has 2 rings (SSSR count). The van der Waals surface area contributed by atoms with Crippen LogP contribution in [0.1, 0.15) is 39.7 Å². The molecule has 0 atom stereocenters. The van der Waals surface area contributed by atoms with Gasteiger partial charge in [-0.15, -0.1) is 0 Å². The van der Waals surface area contributed by atoms with E-state index in [1.165, 1.54) is 5.56 Å². The first-order chi connectivity index (χ1) is 9.34. The Morgan fingerprint density at radius 3 is 2.60 bits per heavy atom. The monoisotopic (exact) mass is 354 g/mol. The van der Waals surface area contributed by atoms with Gasteiger partial charge in [0.15, 0.2) is 0 Å². The average molecular weight is 356 g/mol. The van der Waals surface area contributed by atoms with E-state index >= 15 is 0 Å². The molecule has 1 aromatic carbocycles. The number of aromatic nitrogens is 1. The predicted molar refractivity (Wildman–Crippen MR) is 91.9 cm³/mol. The smallest absolute Gasteiger partial charge is 0.130 e. The zero-order valence-electron chi connectivity index (χ0n) is 12.3. The Hall–Kier alpha value is -0.800. The Morgan fingerprint density at radius 1 is 1.30 bits per heavy atom. The third-order valence-electron chi connectivity index (χ3n) is 3.23. The van der Waals surface area contributed by atoms with Crippen molar-refractivity contribution in [3.8, 4) is 0 Å². The Balaban J connectivity index is 2.71. The number of nitrogens with zero attached hydrogens (tertiary/aromatic N) is 1. The van der Waals surface area contributed by atoms with Crippen molar-refractivity contribution in [2.24, 2.45) is 0 Å². The molecule has 4 heteroatoms. The fourth-order valence-corrected chi connectivity index (χ4v) is 2.78. The van der Waals surface area contributed by atoms with Crippen LogP contribution in [0, 0.1) is 0 Å². The molecule has 0 aliphatic heterocycles. The third kappa shape index (κ3) is 3.09. The van der Waals surface area contributed by atoms with Crippen molar-refractivity contribution >= 4 is 44.3 Å². The zero-order valence-corrected chi connectivity index (χ0v) is 14.7. The zero-order chi connectivity index (χ0) is 14.9. The number of nitrogens with one attached hydrogen (secondary N) is 1. The lowest BCUT2D eigenvalue weighted by atomic mass is 9.86. The van der Waals surface area contributed by atoms with Gasteiger partial charge in [0, 0.05) is 22.0 Å². The average Bonchev–Trinajstić information content (AvgIpc) is 2.39. The van der Waals surface area contributed by atoms with Gasteiger partial charge >= 0.3 is 0 Å². The largest absolute Gasteiger partial charge is 0.370 e. The minimum atomic E-state index is 0.0168. The van der Waals surface area contributed by atoms with Gasteiger partial charge in [0.05, 0.1) is 10.5 Å². The highest BCUT2D eigenvalue weighted by atomic mass is 79.9. The Bertz CT molecular complexity index is 632. The van der Waals surface area contributed by atoms with Crippen LogP contribution in [0.2, 0.25) is 5.02 Å². The third-order valence-corrected chi connectivity index (χ3v) is 4.20. The maximum absolute atomic E-state index is 6.33. The molecule has 0 spiro atoms. The molecular weight excluding hydrogens is 336 g/mol. The molecule has 20 heavy (non-hydrogen) atoms. The summed E-state index contributed by atoms with van der Waals surface area (Å²) in [5.74, 6) is 0.954. The molecule has 1 heterocycles. The van der Waals surface area contributed by atoms with E-state index in [-0.39, 0.29) is 5.41 Å². The summed E-state index contributed by atoms with van der Waals surface area (Å²) in [6.07, 6.45) is 1.07. The Kier molecular flexibility index (Phi) is 4.60. The molecule has 0 fully saturated rings. The van der Waals surface area contributed by atoms with Crippen molar-refractivity contribution in [2.45, 2.75) is 39.5 Å². The van der Waals surface area contributed by atoms with Crippen LogP contribution < -0.4 is 5.32 Å². The van der Waals surface area contributed by atoms with Crippen molar-refractivity contribution in [2.75, 3.05) is 11.9 Å². The summed E-state index contributed by atoms with van der Waals surface area (Å²) in [5.41, 5.74) is 2.12. The van der Waals surface area contributed by atoms with Gasteiger partial charge in [0.1, 0.15) is 5.82 Å². The molecule has 0 saturated heterocycles. The first-order valence-corrected chi connectivity index (χ1v) is 8.04. The van der Waals surface area contributed by atoms with E-state index < -0.39 is 0 Å². The molecule has 0 bridgehead atoms. The van der Waals surface area contributed by atoms with Gasteiger partial charge in [0.25, 0.3) is 0 Å². The van der Waals surface area contributed by atoms with Crippen LogP contribution in [-0.2, 0) is 5.41 Å². The first-order valence-electron chi connectivity index (χ1n) is 6.87. The number of rotatable bonds is 3. The number of hydrogen-bond acceptors (Lipinski definition) is 2. The summed E-state index contributed by atoms with van der Waals surface area (Å²) < 4.78 is 0.969. The molecule has 1 aromatic heterocycles. The molecular formula is C16H20BrClN2. The van der Waals surface area contributed by atoms with Crippen molar-refractivity contribution in [1.82, 2.24) is 4.98 Å². The van der Waals surface area contributed by atoms with Crippen molar-refractivity contribution in [3.63, 3.8) is 0 Å². The second kappa shape index (κ2) is 5.90. The van der Waals surface area contributed by atoms with E-state index in [1.807, 2.05) is 12.1 Å². The Morgan fingerprint density at radius 2 is 2.00 bits per heavy atom. The van der Waals surface area contributed by atoms with E-state index in [1.54, 1.807) is 0 Å². The van der Waals surface area contributed by atoms with Gasteiger partial charge < -0.3 is 5.32 Å². The Labute approximate surface area is 134 Å². The van der Waals surface area contributed by atoms with E-state index in [9.17, 15) is 0 Å². The van der Waals surface area contributed by atoms with Crippen LogP contribution in [0.4, 0.5) is 5.82 Å². The molecule has 0 saturated carbocycles. The maximum atomic E-state index is 6.33. The fraction of sp³-hybridized carbons (Fsp3) is 0.438. The standard InChI is InChI=1S/C16H20BrClN2/c1-5-8-19-15-11(16(2,3)4)9-10-13(18)7-6-12(17)14(10)20-15/h6-7,9H,5,8H2,1-4H3,(H,19,20). The minimum Gasteiger partial charge on any atom is -0.370 e. The second-order valence-electron chi connectivity index (χ2n) is 5.99. The van der Waals surface area contributed by atoms with Crippen LogP contribution in [-0.4, -0.2) is 11.5 Å². The predicted octanol–water partition coefficient (Wildman–Crippen LogP) is 5.77. The lowest BCUT2D eigenvalue weighted by Crippen LogP contribution is -2.16. The highest BCUT2D eigenvalue weighted by Crippen LogP contribution is 2.36. The second-order valence-corrected chi connectivity index (χ2v) is 7.25. The van der Waals surface area contributed by atoms with Crippen molar-refractivity contribution in [1.29, 1.82) is 0 Å². The number of benzene rings is 1. The molecule has 108 valence electrons. The van der Waals surface area contributed by atoms with Crippen molar-refractivity contribution < 1.29 is 0 Å². The fourth-order valence-electron chi connectivity index (χ4n) is 2.14. The lowest BCUT2D eigenvalue weighted by Gasteiger charge is -2.23. The minimum absolute atomic E-state index is 0.0168. The van der Waals surface area contributed by atoms with Crippen LogP contribution in [0.25, 0.3) is 10.9 Å². The van der Waals surface area contributed by atoms with E-state index in [0.29, 0.717) is 0 Å². The van der Waals surface area contributed by atoms with Gasteiger partial charge in [-0.1, -0.05) is 39.3 Å². The van der Waals surface area contributed by atoms with Crippen molar-refractivity contribution in [3.05, 3.63) is 33.3 Å².